The molecule has 5 rings (SSSR count). The molecule has 148 valence electrons. The Labute approximate surface area is 171 Å². The quantitative estimate of drug-likeness (QED) is 0.408. The molecule has 2 aromatic carbocycles. The number of benzene rings is 2. The largest absolute Gasteiger partial charge is 0.463 e. The van der Waals surface area contributed by atoms with Crippen LogP contribution in [0.5, 0.6) is 11.5 Å². The van der Waals surface area contributed by atoms with Gasteiger partial charge in [-0.05, 0) is 42.5 Å². The van der Waals surface area contributed by atoms with Gasteiger partial charge in [0.1, 0.15) is 5.69 Å². The summed E-state index contributed by atoms with van der Waals surface area (Å²) in [5.74, 6) is 1.40. The minimum Gasteiger partial charge on any atom is -0.463 e. The van der Waals surface area contributed by atoms with Gasteiger partial charge in [-0.25, -0.2) is 10.1 Å². The number of rotatable bonds is 5. The molecule has 0 radical (unpaired) electrons. The van der Waals surface area contributed by atoms with Crippen LogP contribution in [0, 0.1) is 0 Å². The summed E-state index contributed by atoms with van der Waals surface area (Å²) in [6, 6.07) is 18.3. The Morgan fingerprint density at radius 3 is 2.77 bits per heavy atom. The van der Waals surface area contributed by atoms with Gasteiger partial charge in [-0.15, -0.1) is 0 Å². The van der Waals surface area contributed by atoms with Gasteiger partial charge in [0.2, 0.25) is 6.79 Å². The second kappa shape index (κ2) is 7.59. The third kappa shape index (κ3) is 3.42. The normalized spacial score (nSPS) is 12.4. The van der Waals surface area contributed by atoms with Crippen LogP contribution in [0.3, 0.4) is 0 Å². The van der Waals surface area contributed by atoms with Gasteiger partial charge in [0, 0.05) is 17.3 Å². The minimum absolute atomic E-state index is 0.152. The first-order chi connectivity index (χ1) is 14.8. The van der Waals surface area contributed by atoms with Crippen LogP contribution in [0.15, 0.2) is 82.6 Å². The zero-order chi connectivity index (χ0) is 20.3. The molecule has 0 bridgehead atoms. The molecule has 2 aromatic heterocycles. The molecule has 30 heavy (non-hydrogen) atoms. The highest BCUT2D eigenvalue weighted by Gasteiger charge is 2.16. The Balaban J connectivity index is 1.39. The van der Waals surface area contributed by atoms with E-state index >= 15 is 0 Å². The van der Waals surface area contributed by atoms with Crippen molar-refractivity contribution in [3.63, 3.8) is 0 Å². The number of furan rings is 1. The topological polar surface area (TPSA) is 90.9 Å². The molecule has 8 heteroatoms. The third-order valence-corrected chi connectivity index (χ3v) is 4.52. The molecule has 0 atom stereocenters. The maximum atomic E-state index is 12.4. The Kier molecular flexibility index (Phi) is 4.49. The van der Waals surface area contributed by atoms with E-state index in [-0.39, 0.29) is 12.7 Å². The van der Waals surface area contributed by atoms with Gasteiger partial charge in [-0.3, -0.25) is 4.79 Å². The predicted octanol–water partition coefficient (Wildman–Crippen LogP) is 3.62. The van der Waals surface area contributed by atoms with Crippen LogP contribution in [0.2, 0.25) is 0 Å². The molecule has 1 N–H and O–H groups in total. The van der Waals surface area contributed by atoms with Gasteiger partial charge in [-0.1, -0.05) is 18.2 Å². The van der Waals surface area contributed by atoms with Crippen molar-refractivity contribution in [2.45, 2.75) is 0 Å². The number of carbonyl (C=O) groups excluding carboxylic acids is 1. The average Bonchev–Trinajstić information content (AvgIpc) is 3.53. The van der Waals surface area contributed by atoms with Crippen LogP contribution in [0.1, 0.15) is 15.9 Å². The molecule has 0 aliphatic carbocycles. The van der Waals surface area contributed by atoms with Gasteiger partial charge >= 0.3 is 0 Å². The SMILES string of the molecule is O=C(N/N=C\c1cn(-c2ccccc2)nc1-c1ccco1)c1ccc2c(c1)OCO2. The van der Waals surface area contributed by atoms with Crippen LogP contribution in [0.25, 0.3) is 17.1 Å². The maximum absolute atomic E-state index is 12.4. The van der Waals surface area contributed by atoms with Crippen LogP contribution < -0.4 is 14.9 Å². The summed E-state index contributed by atoms with van der Waals surface area (Å²) < 4.78 is 17.8. The number of nitrogens with one attached hydrogen (secondary N) is 1. The number of nitrogens with zero attached hydrogens (tertiary/aromatic N) is 3. The number of hydrogen-bond acceptors (Lipinski definition) is 6. The lowest BCUT2D eigenvalue weighted by Crippen LogP contribution is -2.17. The van der Waals surface area contributed by atoms with Crippen molar-refractivity contribution >= 4 is 12.1 Å². The molecule has 0 saturated carbocycles. The molecule has 0 spiro atoms. The minimum atomic E-state index is -0.362. The maximum Gasteiger partial charge on any atom is 0.271 e. The number of amides is 1. The number of aromatic nitrogens is 2. The summed E-state index contributed by atoms with van der Waals surface area (Å²) in [5, 5.41) is 8.70. The fourth-order valence-corrected chi connectivity index (χ4v) is 3.06. The van der Waals surface area contributed by atoms with E-state index in [2.05, 4.69) is 15.6 Å². The van der Waals surface area contributed by atoms with E-state index in [1.54, 1.807) is 35.2 Å². The number of hydrazone groups is 1. The lowest BCUT2D eigenvalue weighted by Gasteiger charge is -2.01. The number of fused-ring (bicyclic) bond motifs is 1. The highest BCUT2D eigenvalue weighted by atomic mass is 16.7. The van der Waals surface area contributed by atoms with E-state index in [9.17, 15) is 4.79 Å². The second-order valence-corrected chi connectivity index (χ2v) is 6.46. The van der Waals surface area contributed by atoms with E-state index in [4.69, 9.17) is 13.9 Å². The Bertz CT molecular complexity index is 1210. The van der Waals surface area contributed by atoms with Crippen molar-refractivity contribution in [1.29, 1.82) is 0 Å². The molecule has 1 aliphatic heterocycles. The van der Waals surface area contributed by atoms with Crippen molar-refractivity contribution in [2.24, 2.45) is 5.10 Å². The summed E-state index contributed by atoms with van der Waals surface area (Å²) in [6.45, 7) is 0.152. The lowest BCUT2D eigenvalue weighted by atomic mass is 10.2. The molecular formula is C22H16N4O4. The molecule has 0 unspecified atom stereocenters. The zero-order valence-corrected chi connectivity index (χ0v) is 15.7. The first-order valence-corrected chi connectivity index (χ1v) is 9.20. The van der Waals surface area contributed by atoms with Crippen LogP contribution >= 0.6 is 0 Å². The summed E-state index contributed by atoms with van der Waals surface area (Å²) in [5.41, 5.74) is 5.15. The number of ether oxygens (including phenoxy) is 2. The van der Waals surface area contributed by atoms with Gasteiger partial charge in [0.05, 0.1) is 18.2 Å². The van der Waals surface area contributed by atoms with E-state index in [0.29, 0.717) is 34.1 Å². The predicted molar refractivity (Wildman–Crippen MR) is 109 cm³/mol. The molecule has 8 nitrogen and oxygen atoms in total. The van der Waals surface area contributed by atoms with E-state index in [0.717, 1.165) is 5.69 Å². The van der Waals surface area contributed by atoms with E-state index < -0.39 is 0 Å². The number of hydrogen-bond donors (Lipinski definition) is 1. The first-order valence-electron chi connectivity index (χ1n) is 9.20. The van der Waals surface area contributed by atoms with Crippen LogP contribution in [-0.4, -0.2) is 28.7 Å². The molecule has 1 aliphatic rings. The standard InChI is InChI=1S/C22H16N4O4/c27-22(15-8-9-18-20(11-15)30-14-29-18)24-23-12-16-13-26(17-5-2-1-3-6-17)25-21(16)19-7-4-10-28-19/h1-13H,14H2,(H,24,27)/b23-12-. The summed E-state index contributed by atoms with van der Waals surface area (Å²) in [7, 11) is 0. The third-order valence-electron chi connectivity index (χ3n) is 4.52. The molecule has 1 amide bonds. The van der Waals surface area contributed by atoms with E-state index in [1.807, 2.05) is 42.6 Å². The summed E-state index contributed by atoms with van der Waals surface area (Å²) in [6.07, 6.45) is 4.94. The Morgan fingerprint density at radius 1 is 1.07 bits per heavy atom. The monoisotopic (exact) mass is 400 g/mol. The van der Waals surface area contributed by atoms with Gasteiger partial charge in [-0.2, -0.15) is 10.2 Å². The first kappa shape index (κ1) is 17.7. The highest BCUT2D eigenvalue weighted by molar-refractivity contribution is 5.96. The number of carbonyl (C=O) groups is 1. The fraction of sp³-hybridized carbons (Fsp3) is 0.0455. The molecular weight excluding hydrogens is 384 g/mol. The van der Waals surface area contributed by atoms with Gasteiger partial charge < -0.3 is 13.9 Å². The average molecular weight is 400 g/mol. The summed E-state index contributed by atoms with van der Waals surface area (Å²) >= 11 is 0. The Hall–Kier alpha value is -4.33. The van der Waals surface area contributed by atoms with Crippen LogP contribution in [0.4, 0.5) is 0 Å². The highest BCUT2D eigenvalue weighted by Crippen LogP contribution is 2.32. The lowest BCUT2D eigenvalue weighted by molar-refractivity contribution is 0.0954. The second-order valence-electron chi connectivity index (χ2n) is 6.46. The molecule has 0 fully saturated rings. The molecule has 4 aromatic rings. The van der Waals surface area contributed by atoms with Crippen molar-refractivity contribution in [1.82, 2.24) is 15.2 Å². The fourth-order valence-electron chi connectivity index (χ4n) is 3.06. The van der Waals surface area contributed by atoms with Crippen LogP contribution in [-0.2, 0) is 0 Å². The van der Waals surface area contributed by atoms with Gasteiger partial charge in [0.15, 0.2) is 17.3 Å². The Morgan fingerprint density at radius 2 is 1.93 bits per heavy atom. The molecule has 3 heterocycles. The van der Waals surface area contributed by atoms with Crippen molar-refractivity contribution in [3.05, 3.63) is 84.3 Å². The zero-order valence-electron chi connectivity index (χ0n) is 15.7. The van der Waals surface area contributed by atoms with Crippen molar-refractivity contribution in [2.75, 3.05) is 6.79 Å². The van der Waals surface area contributed by atoms with Gasteiger partial charge in [0.25, 0.3) is 5.91 Å². The smallest absolute Gasteiger partial charge is 0.271 e. The number of para-hydroxylation sites is 1. The van der Waals surface area contributed by atoms with Crippen molar-refractivity contribution < 1.29 is 18.7 Å². The van der Waals surface area contributed by atoms with Crippen molar-refractivity contribution in [3.8, 4) is 28.6 Å². The molecule has 0 saturated heterocycles. The van der Waals surface area contributed by atoms with E-state index in [1.165, 1.54) is 6.21 Å². The summed E-state index contributed by atoms with van der Waals surface area (Å²) in [4.78, 5) is 12.4.